The summed E-state index contributed by atoms with van der Waals surface area (Å²) >= 11 is 7.03. The molecule has 0 unspecified atom stereocenters. The van der Waals surface area contributed by atoms with E-state index in [1.807, 2.05) is 36.4 Å². The van der Waals surface area contributed by atoms with Gasteiger partial charge in [-0.15, -0.1) is 0 Å². The van der Waals surface area contributed by atoms with Crippen molar-refractivity contribution in [2.24, 2.45) is 11.0 Å². The summed E-state index contributed by atoms with van der Waals surface area (Å²) in [6, 6.07) is 22.2. The molecule has 10 heteroatoms. The van der Waals surface area contributed by atoms with Crippen LogP contribution in [0.2, 0.25) is 0 Å². The number of halogens is 2. The van der Waals surface area contributed by atoms with Crippen molar-refractivity contribution in [3.8, 4) is 0 Å². The van der Waals surface area contributed by atoms with E-state index in [2.05, 4.69) is 50.1 Å². The van der Waals surface area contributed by atoms with Gasteiger partial charge in [0.05, 0.1) is 29.9 Å². The highest BCUT2D eigenvalue weighted by molar-refractivity contribution is 9.10. The highest BCUT2D eigenvalue weighted by atomic mass is 79.9. The lowest BCUT2D eigenvalue weighted by Crippen LogP contribution is -2.40. The van der Waals surface area contributed by atoms with Crippen LogP contribution in [0.1, 0.15) is 46.8 Å². The highest BCUT2D eigenvalue weighted by Gasteiger charge is 2.44. The number of morpholine rings is 1. The normalized spacial score (nSPS) is 22.4. The van der Waals surface area contributed by atoms with Crippen molar-refractivity contribution in [3.05, 3.63) is 104 Å². The Morgan fingerprint density at radius 3 is 2.20 bits per heavy atom. The van der Waals surface area contributed by atoms with Crippen LogP contribution in [0, 0.1) is 5.92 Å². The lowest BCUT2D eigenvalue weighted by Gasteiger charge is -2.30. The first-order chi connectivity index (χ1) is 19.8. The lowest BCUT2D eigenvalue weighted by molar-refractivity contribution is 0.0680. The molecule has 1 amide bonds. The number of amides is 1. The van der Waals surface area contributed by atoms with Crippen molar-refractivity contribution in [2.45, 2.75) is 30.2 Å². The Balaban J connectivity index is 1.34. The maximum atomic E-state index is 14.0. The van der Waals surface area contributed by atoms with E-state index in [0.29, 0.717) is 31.9 Å². The fraction of sp³-hybridized carbons (Fsp3) is 0.290. The zero-order valence-corrected chi connectivity index (χ0v) is 26.2. The predicted octanol–water partition coefficient (Wildman–Crippen LogP) is 6.67. The predicted molar refractivity (Wildman–Crippen MR) is 166 cm³/mol. The summed E-state index contributed by atoms with van der Waals surface area (Å²) in [6.07, 6.45) is 5.01. The second-order valence-electron chi connectivity index (χ2n) is 10.4. The number of benzene rings is 3. The average molecular weight is 699 g/mol. The zero-order chi connectivity index (χ0) is 28.6. The molecule has 1 saturated heterocycles. The molecule has 2 fully saturated rings. The number of nitrogens with zero attached hydrogens (tertiary/aromatic N) is 3. The first-order valence-electron chi connectivity index (χ1n) is 13.6. The average Bonchev–Trinajstić information content (AvgIpc) is 3.39. The van der Waals surface area contributed by atoms with Gasteiger partial charge in [-0.05, 0) is 90.6 Å². The molecule has 2 heterocycles. The molecule has 1 aliphatic carbocycles. The Hall–Kier alpha value is -2.63. The maximum absolute atomic E-state index is 14.0. The molecule has 7 nitrogen and oxygen atoms in total. The summed E-state index contributed by atoms with van der Waals surface area (Å²) in [5.41, 5.74) is 4.60. The molecular weight excluding hydrogens is 670 g/mol. The van der Waals surface area contributed by atoms with Crippen molar-refractivity contribution in [1.82, 2.24) is 9.31 Å². The number of carbonyl (C=O) groups excluding carboxylic acids is 1. The Morgan fingerprint density at radius 2 is 1.54 bits per heavy atom. The minimum absolute atomic E-state index is 0.0662. The van der Waals surface area contributed by atoms with Crippen molar-refractivity contribution in [3.63, 3.8) is 0 Å². The van der Waals surface area contributed by atoms with Gasteiger partial charge in [0.25, 0.3) is 5.91 Å². The summed E-state index contributed by atoms with van der Waals surface area (Å²) < 4.78 is 34.9. The zero-order valence-electron chi connectivity index (χ0n) is 22.2. The molecule has 0 N–H and O–H groups in total. The van der Waals surface area contributed by atoms with Crippen molar-refractivity contribution < 1.29 is 17.9 Å². The van der Waals surface area contributed by atoms with Gasteiger partial charge in [-0.1, -0.05) is 56.1 Å². The minimum Gasteiger partial charge on any atom is -0.379 e. The van der Waals surface area contributed by atoms with E-state index in [9.17, 15) is 13.2 Å². The largest absolute Gasteiger partial charge is 0.379 e. The third-order valence-electron chi connectivity index (χ3n) is 7.84. The summed E-state index contributed by atoms with van der Waals surface area (Å²) in [6.45, 7) is 1.39. The number of ether oxygens (including phenoxy) is 1. The molecule has 3 aromatic carbocycles. The van der Waals surface area contributed by atoms with Gasteiger partial charge in [0.15, 0.2) is 0 Å². The topological polar surface area (TPSA) is 79.3 Å². The Morgan fingerprint density at radius 1 is 0.902 bits per heavy atom. The monoisotopic (exact) mass is 697 g/mol. The number of hydrogen-bond acceptors (Lipinski definition) is 5. The SMILES string of the molecule is O=C(c1ccc(S(=O)(=O)N2CCOCC2)cc1)N1N=C2/C(=C\c3ccc(Br)cc3)CCC[C@@H]2[C@H]1c1ccc(Br)cc1. The molecule has 2 atom stereocenters. The van der Waals surface area contributed by atoms with E-state index < -0.39 is 10.0 Å². The summed E-state index contributed by atoms with van der Waals surface area (Å²) in [5, 5.41) is 6.58. The second-order valence-corrected chi connectivity index (χ2v) is 14.2. The summed E-state index contributed by atoms with van der Waals surface area (Å²) in [7, 11) is -3.65. The molecule has 0 radical (unpaired) electrons. The first-order valence-corrected chi connectivity index (χ1v) is 16.7. The third kappa shape index (κ3) is 5.85. The smallest absolute Gasteiger partial charge is 0.274 e. The standard InChI is InChI=1S/C31H29Br2N3O4S/c32-25-10-4-21(5-11-25)20-24-2-1-3-28-29(24)34-36(30(28)22-6-12-26(33)13-7-22)31(37)23-8-14-27(15-9-23)41(38,39)35-16-18-40-19-17-35/h4-15,20,28,30H,1-3,16-19H2/b24-20-/t28-,30+/m0/s1. The Kier molecular flexibility index (Phi) is 8.29. The number of rotatable bonds is 5. The van der Waals surface area contributed by atoms with Crippen molar-refractivity contribution in [1.29, 1.82) is 0 Å². The minimum atomic E-state index is -3.65. The molecule has 3 aliphatic rings. The fourth-order valence-corrected chi connectivity index (χ4v) is 7.70. The maximum Gasteiger partial charge on any atom is 0.274 e. The number of hydrogen-bond donors (Lipinski definition) is 0. The molecular formula is C31H29Br2N3O4S. The van der Waals surface area contributed by atoms with Gasteiger partial charge in [0, 0.05) is 33.5 Å². The second kappa shape index (κ2) is 11.9. The molecule has 0 spiro atoms. The van der Waals surface area contributed by atoms with E-state index in [1.54, 1.807) is 17.1 Å². The van der Waals surface area contributed by atoms with E-state index in [-0.39, 0.29) is 22.8 Å². The lowest BCUT2D eigenvalue weighted by atomic mass is 9.77. The molecule has 1 saturated carbocycles. The summed E-state index contributed by atoms with van der Waals surface area (Å²) in [4.78, 5) is 14.2. The van der Waals surface area contributed by atoms with Crippen molar-refractivity contribution in [2.75, 3.05) is 26.3 Å². The van der Waals surface area contributed by atoms with E-state index >= 15 is 0 Å². The quantitative estimate of drug-likeness (QED) is 0.298. The molecule has 2 aliphatic heterocycles. The van der Waals surface area contributed by atoms with Crippen LogP contribution in [-0.2, 0) is 14.8 Å². The van der Waals surface area contributed by atoms with Gasteiger partial charge in [0.2, 0.25) is 10.0 Å². The molecule has 0 bridgehead atoms. The van der Waals surface area contributed by atoms with E-state index in [0.717, 1.165) is 50.6 Å². The van der Waals surface area contributed by atoms with Gasteiger partial charge in [0.1, 0.15) is 0 Å². The Labute approximate surface area is 257 Å². The molecule has 3 aromatic rings. The number of carbonyl (C=O) groups is 1. The van der Waals surface area contributed by atoms with Crippen LogP contribution >= 0.6 is 31.9 Å². The van der Waals surface area contributed by atoms with Crippen LogP contribution in [0.4, 0.5) is 0 Å². The van der Waals surface area contributed by atoms with E-state index in [1.165, 1.54) is 16.4 Å². The number of allylic oxidation sites excluding steroid dienone is 1. The van der Waals surface area contributed by atoms with Crippen LogP contribution in [0.3, 0.4) is 0 Å². The number of hydrazone groups is 1. The fourth-order valence-electron chi connectivity index (χ4n) is 5.76. The van der Waals surface area contributed by atoms with Crippen molar-refractivity contribution >= 4 is 59.6 Å². The Bertz CT molecular complexity index is 1600. The molecule has 6 rings (SSSR count). The number of sulfonamides is 1. The van der Waals surface area contributed by atoms with Crippen LogP contribution in [0.5, 0.6) is 0 Å². The molecule has 212 valence electrons. The van der Waals surface area contributed by atoms with Gasteiger partial charge in [-0.25, -0.2) is 13.4 Å². The number of fused-ring (bicyclic) bond motifs is 1. The van der Waals surface area contributed by atoms with Crippen LogP contribution in [0.15, 0.2) is 97.3 Å². The first kappa shape index (κ1) is 28.5. The van der Waals surface area contributed by atoms with Crippen LogP contribution < -0.4 is 0 Å². The van der Waals surface area contributed by atoms with E-state index in [4.69, 9.17) is 9.84 Å². The molecule has 0 aromatic heterocycles. The third-order valence-corrected chi connectivity index (χ3v) is 10.8. The molecule has 41 heavy (non-hydrogen) atoms. The van der Waals surface area contributed by atoms with Crippen LogP contribution in [-0.4, -0.2) is 55.7 Å². The summed E-state index contributed by atoms with van der Waals surface area (Å²) in [5.74, 6) is -0.185. The van der Waals surface area contributed by atoms with Crippen LogP contribution in [0.25, 0.3) is 6.08 Å². The van der Waals surface area contributed by atoms with Gasteiger partial charge < -0.3 is 4.74 Å². The van der Waals surface area contributed by atoms with Gasteiger partial charge in [-0.2, -0.15) is 9.41 Å². The van der Waals surface area contributed by atoms with Gasteiger partial charge >= 0.3 is 0 Å². The highest BCUT2D eigenvalue weighted by Crippen LogP contribution is 2.45. The van der Waals surface area contributed by atoms with Gasteiger partial charge in [-0.3, -0.25) is 4.79 Å².